The third kappa shape index (κ3) is 1.69. The van der Waals surface area contributed by atoms with Gasteiger partial charge >= 0.3 is 0 Å². The molecule has 0 unspecified atom stereocenters. The van der Waals surface area contributed by atoms with Gasteiger partial charge in [0, 0.05) is 23.6 Å². The molecule has 0 aliphatic rings. The molecule has 0 saturated heterocycles. The summed E-state index contributed by atoms with van der Waals surface area (Å²) in [7, 11) is 2.12. The highest BCUT2D eigenvalue weighted by atomic mass is 14.9. The highest BCUT2D eigenvalue weighted by Crippen LogP contribution is 2.25. The van der Waals surface area contributed by atoms with Crippen LogP contribution in [0.2, 0.25) is 0 Å². The summed E-state index contributed by atoms with van der Waals surface area (Å²) in [5, 5.41) is 1.36. The van der Waals surface area contributed by atoms with Crippen LogP contribution in [0.25, 0.3) is 10.9 Å². The molecule has 1 heterocycles. The van der Waals surface area contributed by atoms with Gasteiger partial charge in [-0.05, 0) is 25.0 Å². The second kappa shape index (κ2) is 4.40. The molecule has 1 nitrogen and oxygen atoms in total. The maximum Gasteiger partial charge on any atom is 0.0482 e. The molecule has 1 heteroatoms. The molecule has 0 atom stereocenters. The summed E-state index contributed by atoms with van der Waals surface area (Å²) >= 11 is 0. The van der Waals surface area contributed by atoms with Crippen molar-refractivity contribution in [2.24, 2.45) is 7.05 Å². The van der Waals surface area contributed by atoms with Crippen molar-refractivity contribution < 1.29 is 0 Å². The first-order valence-corrected chi connectivity index (χ1v) is 5.56. The van der Waals surface area contributed by atoms with Crippen molar-refractivity contribution in [3.05, 3.63) is 60.3 Å². The first-order chi connectivity index (χ1) is 7.75. The molecule has 0 bridgehead atoms. The summed E-state index contributed by atoms with van der Waals surface area (Å²) < 4.78 is 2.26. The Hall–Kier alpha value is -1.76. The van der Waals surface area contributed by atoms with Gasteiger partial charge in [0.15, 0.2) is 0 Å². The van der Waals surface area contributed by atoms with Gasteiger partial charge in [0.2, 0.25) is 0 Å². The van der Waals surface area contributed by atoms with Crippen molar-refractivity contribution in [2.45, 2.75) is 13.3 Å². The first-order valence-electron chi connectivity index (χ1n) is 5.56. The van der Waals surface area contributed by atoms with Crippen LogP contribution >= 0.6 is 0 Å². The zero-order valence-electron chi connectivity index (χ0n) is 9.90. The van der Waals surface area contributed by atoms with Crippen LogP contribution in [0.5, 0.6) is 0 Å². The second-order valence-electron chi connectivity index (χ2n) is 4.01. The Morgan fingerprint density at radius 3 is 2.81 bits per heavy atom. The monoisotopic (exact) mass is 211 g/mol. The number of fused-ring (bicyclic) bond motifs is 1. The first kappa shape index (κ1) is 10.7. The number of allylic oxidation sites excluding steroid dienone is 3. The SMILES string of the molecule is C=C/C=C\Cc1c(C)n(C)c2ccccc12. The molecule has 0 amide bonds. The lowest BCUT2D eigenvalue weighted by Crippen LogP contribution is -1.91. The van der Waals surface area contributed by atoms with Gasteiger partial charge < -0.3 is 4.57 Å². The van der Waals surface area contributed by atoms with E-state index in [0.717, 1.165) is 6.42 Å². The minimum atomic E-state index is 0.971. The van der Waals surface area contributed by atoms with Gasteiger partial charge in [0.25, 0.3) is 0 Å². The highest BCUT2D eigenvalue weighted by molar-refractivity contribution is 5.85. The smallest absolute Gasteiger partial charge is 0.0482 e. The molecule has 0 fully saturated rings. The van der Waals surface area contributed by atoms with Crippen LogP contribution in [-0.2, 0) is 13.5 Å². The fourth-order valence-electron chi connectivity index (χ4n) is 2.14. The Labute approximate surface area is 96.7 Å². The molecular formula is C15H17N. The summed E-state index contributed by atoms with van der Waals surface area (Å²) in [4.78, 5) is 0. The van der Waals surface area contributed by atoms with Crippen molar-refractivity contribution in [3.8, 4) is 0 Å². The average Bonchev–Trinajstić information content (AvgIpc) is 2.55. The molecule has 0 radical (unpaired) electrons. The van der Waals surface area contributed by atoms with Gasteiger partial charge in [-0.2, -0.15) is 0 Å². The Kier molecular flexibility index (Phi) is 2.95. The van der Waals surface area contributed by atoms with Crippen molar-refractivity contribution in [2.75, 3.05) is 0 Å². The van der Waals surface area contributed by atoms with E-state index in [0.29, 0.717) is 0 Å². The van der Waals surface area contributed by atoms with E-state index in [2.05, 4.69) is 55.5 Å². The molecule has 0 saturated carbocycles. The fourth-order valence-corrected chi connectivity index (χ4v) is 2.14. The summed E-state index contributed by atoms with van der Waals surface area (Å²) in [6.07, 6.45) is 6.95. The molecule has 1 aromatic carbocycles. The van der Waals surface area contributed by atoms with E-state index in [1.807, 2.05) is 12.2 Å². The zero-order valence-corrected chi connectivity index (χ0v) is 9.90. The molecular weight excluding hydrogens is 194 g/mol. The van der Waals surface area contributed by atoms with Crippen LogP contribution in [0, 0.1) is 6.92 Å². The molecule has 1 aromatic heterocycles. The summed E-state index contributed by atoms with van der Waals surface area (Å²) in [5.41, 5.74) is 4.06. The van der Waals surface area contributed by atoms with Crippen molar-refractivity contribution in [1.82, 2.24) is 4.57 Å². The van der Waals surface area contributed by atoms with Gasteiger partial charge in [0.05, 0.1) is 0 Å². The Balaban J connectivity index is 2.55. The number of hydrogen-bond acceptors (Lipinski definition) is 0. The lowest BCUT2D eigenvalue weighted by atomic mass is 10.1. The summed E-state index contributed by atoms with van der Waals surface area (Å²) in [5.74, 6) is 0. The fraction of sp³-hybridized carbons (Fsp3) is 0.200. The Morgan fingerprint density at radius 2 is 2.06 bits per heavy atom. The molecule has 0 spiro atoms. The van der Waals surface area contributed by atoms with Gasteiger partial charge in [-0.25, -0.2) is 0 Å². The minimum Gasteiger partial charge on any atom is -0.348 e. The van der Waals surface area contributed by atoms with Gasteiger partial charge in [-0.15, -0.1) is 0 Å². The molecule has 16 heavy (non-hydrogen) atoms. The van der Waals surface area contributed by atoms with Crippen LogP contribution in [0.1, 0.15) is 11.3 Å². The Morgan fingerprint density at radius 1 is 1.31 bits per heavy atom. The van der Waals surface area contributed by atoms with E-state index >= 15 is 0 Å². The number of para-hydroxylation sites is 1. The second-order valence-corrected chi connectivity index (χ2v) is 4.01. The van der Waals surface area contributed by atoms with Gasteiger partial charge in [0.1, 0.15) is 0 Å². The summed E-state index contributed by atoms with van der Waals surface area (Å²) in [6.45, 7) is 5.87. The van der Waals surface area contributed by atoms with E-state index in [4.69, 9.17) is 0 Å². The maximum atomic E-state index is 3.69. The van der Waals surface area contributed by atoms with Crippen molar-refractivity contribution >= 4 is 10.9 Å². The average molecular weight is 211 g/mol. The Bertz CT molecular complexity index is 544. The zero-order chi connectivity index (χ0) is 11.5. The normalized spacial score (nSPS) is 11.4. The lowest BCUT2D eigenvalue weighted by Gasteiger charge is -1.98. The van der Waals surface area contributed by atoms with E-state index < -0.39 is 0 Å². The maximum absolute atomic E-state index is 3.69. The van der Waals surface area contributed by atoms with Crippen LogP contribution in [0.15, 0.2) is 49.1 Å². The molecule has 0 aliphatic carbocycles. The van der Waals surface area contributed by atoms with E-state index in [1.165, 1.54) is 22.2 Å². The topological polar surface area (TPSA) is 4.93 Å². The van der Waals surface area contributed by atoms with E-state index in [-0.39, 0.29) is 0 Å². The molecule has 82 valence electrons. The van der Waals surface area contributed by atoms with Crippen LogP contribution < -0.4 is 0 Å². The highest BCUT2D eigenvalue weighted by Gasteiger charge is 2.09. The predicted octanol–water partition coefficient (Wildman–Crippen LogP) is 3.77. The predicted molar refractivity (Wildman–Crippen MR) is 70.7 cm³/mol. The number of aryl methyl sites for hydroxylation is 1. The number of benzene rings is 1. The molecule has 0 N–H and O–H groups in total. The molecule has 2 rings (SSSR count). The largest absolute Gasteiger partial charge is 0.348 e. The molecule has 2 aromatic rings. The third-order valence-electron chi connectivity index (χ3n) is 3.12. The third-order valence-corrected chi connectivity index (χ3v) is 3.12. The van der Waals surface area contributed by atoms with Gasteiger partial charge in [-0.3, -0.25) is 0 Å². The quantitative estimate of drug-likeness (QED) is 0.681. The van der Waals surface area contributed by atoms with Crippen molar-refractivity contribution in [3.63, 3.8) is 0 Å². The standard InChI is InChI=1S/C15H17N/c1-4-5-6-9-13-12(2)16(3)15-11-8-7-10-14(13)15/h4-8,10-11H,1,9H2,2-3H3/b6-5-. The summed E-state index contributed by atoms with van der Waals surface area (Å²) in [6, 6.07) is 8.55. The van der Waals surface area contributed by atoms with E-state index in [9.17, 15) is 0 Å². The number of hydrogen-bond donors (Lipinski definition) is 0. The van der Waals surface area contributed by atoms with E-state index in [1.54, 1.807) is 0 Å². The van der Waals surface area contributed by atoms with Crippen molar-refractivity contribution in [1.29, 1.82) is 0 Å². The minimum absolute atomic E-state index is 0.971. The van der Waals surface area contributed by atoms with Gasteiger partial charge in [-0.1, -0.05) is 43.0 Å². The number of rotatable bonds is 3. The lowest BCUT2D eigenvalue weighted by molar-refractivity contribution is 0.905. The van der Waals surface area contributed by atoms with Crippen LogP contribution in [-0.4, -0.2) is 4.57 Å². The number of aromatic nitrogens is 1. The van der Waals surface area contributed by atoms with Crippen LogP contribution in [0.4, 0.5) is 0 Å². The number of nitrogens with zero attached hydrogens (tertiary/aromatic N) is 1. The van der Waals surface area contributed by atoms with Crippen LogP contribution in [0.3, 0.4) is 0 Å². The molecule has 0 aliphatic heterocycles.